The monoisotopic (exact) mass is 333 g/mol. The SMILES string of the molecule is CC(C)(C)c1ccc2oc(Cc3cccc(C(F)(F)F)c3)nc2c1. The molecule has 0 aliphatic rings. The highest BCUT2D eigenvalue weighted by molar-refractivity contribution is 5.73. The lowest BCUT2D eigenvalue weighted by atomic mass is 9.87. The zero-order valence-electron chi connectivity index (χ0n) is 13.7. The second kappa shape index (κ2) is 5.65. The lowest BCUT2D eigenvalue weighted by molar-refractivity contribution is -0.137. The molecule has 24 heavy (non-hydrogen) atoms. The van der Waals surface area contributed by atoms with Crippen LogP contribution in [0.5, 0.6) is 0 Å². The molecule has 5 heteroatoms. The summed E-state index contributed by atoms with van der Waals surface area (Å²) >= 11 is 0. The van der Waals surface area contributed by atoms with Crippen molar-refractivity contribution in [2.45, 2.75) is 38.8 Å². The Morgan fingerprint density at radius 1 is 0.958 bits per heavy atom. The third kappa shape index (κ3) is 3.45. The largest absolute Gasteiger partial charge is 0.440 e. The van der Waals surface area contributed by atoms with Crippen LogP contribution in [0.3, 0.4) is 0 Å². The molecule has 0 saturated heterocycles. The number of nitrogens with zero attached hydrogens (tertiary/aromatic N) is 1. The summed E-state index contributed by atoms with van der Waals surface area (Å²) in [5.41, 5.74) is 2.36. The molecule has 0 aliphatic carbocycles. The highest BCUT2D eigenvalue weighted by Gasteiger charge is 2.30. The molecule has 0 amide bonds. The summed E-state index contributed by atoms with van der Waals surface area (Å²) in [6.45, 7) is 6.33. The highest BCUT2D eigenvalue weighted by Crippen LogP contribution is 2.30. The summed E-state index contributed by atoms with van der Waals surface area (Å²) in [4.78, 5) is 4.43. The lowest BCUT2D eigenvalue weighted by Crippen LogP contribution is -2.10. The van der Waals surface area contributed by atoms with Gasteiger partial charge in [0.25, 0.3) is 0 Å². The smallest absolute Gasteiger partial charge is 0.416 e. The van der Waals surface area contributed by atoms with Gasteiger partial charge in [-0.15, -0.1) is 0 Å². The second-order valence-electron chi connectivity index (χ2n) is 6.92. The van der Waals surface area contributed by atoms with Crippen molar-refractivity contribution in [2.75, 3.05) is 0 Å². The van der Waals surface area contributed by atoms with Gasteiger partial charge in [-0.2, -0.15) is 13.2 Å². The van der Waals surface area contributed by atoms with Crippen LogP contribution in [0.15, 0.2) is 46.9 Å². The Morgan fingerprint density at radius 3 is 2.38 bits per heavy atom. The van der Waals surface area contributed by atoms with E-state index >= 15 is 0 Å². The molecule has 2 nitrogen and oxygen atoms in total. The molecule has 0 atom stereocenters. The van der Waals surface area contributed by atoms with Crippen LogP contribution >= 0.6 is 0 Å². The van der Waals surface area contributed by atoms with Crippen LogP contribution in [0, 0.1) is 0 Å². The summed E-state index contributed by atoms with van der Waals surface area (Å²) in [7, 11) is 0. The first kappa shape index (κ1) is 16.6. The standard InChI is InChI=1S/C19H18F3NO/c1-18(2,3)13-7-8-16-15(11-13)23-17(24-16)10-12-5-4-6-14(9-12)19(20,21)22/h4-9,11H,10H2,1-3H3. The number of oxazole rings is 1. The minimum Gasteiger partial charge on any atom is -0.440 e. The fraction of sp³-hybridized carbons (Fsp3) is 0.316. The maximum atomic E-state index is 12.8. The predicted molar refractivity (Wildman–Crippen MR) is 87.0 cm³/mol. The van der Waals surface area contributed by atoms with Gasteiger partial charge in [0.1, 0.15) is 5.52 Å². The van der Waals surface area contributed by atoms with E-state index in [-0.39, 0.29) is 11.8 Å². The van der Waals surface area contributed by atoms with E-state index in [4.69, 9.17) is 4.42 Å². The number of aromatic nitrogens is 1. The van der Waals surface area contributed by atoms with Crippen molar-refractivity contribution < 1.29 is 17.6 Å². The van der Waals surface area contributed by atoms with Gasteiger partial charge in [-0.3, -0.25) is 0 Å². The molecule has 3 aromatic rings. The average Bonchev–Trinajstić information content (AvgIpc) is 2.87. The van der Waals surface area contributed by atoms with Crippen molar-refractivity contribution in [1.82, 2.24) is 4.98 Å². The maximum absolute atomic E-state index is 12.8. The topological polar surface area (TPSA) is 26.0 Å². The Hall–Kier alpha value is -2.30. The summed E-state index contributed by atoms with van der Waals surface area (Å²) < 4.78 is 44.0. The first-order valence-electron chi connectivity index (χ1n) is 7.69. The van der Waals surface area contributed by atoms with E-state index in [1.54, 1.807) is 6.07 Å². The van der Waals surface area contributed by atoms with E-state index in [2.05, 4.69) is 25.8 Å². The molecule has 0 radical (unpaired) electrons. The summed E-state index contributed by atoms with van der Waals surface area (Å²) in [6.07, 6.45) is -4.12. The zero-order valence-corrected chi connectivity index (χ0v) is 13.7. The van der Waals surface area contributed by atoms with Gasteiger partial charge in [0.05, 0.1) is 5.56 Å². The first-order chi connectivity index (χ1) is 11.1. The van der Waals surface area contributed by atoms with E-state index in [0.29, 0.717) is 17.0 Å². The molecular weight excluding hydrogens is 315 g/mol. The van der Waals surface area contributed by atoms with Crippen molar-refractivity contribution in [3.05, 3.63) is 65.0 Å². The quantitative estimate of drug-likeness (QED) is 0.598. The Bertz CT molecular complexity index is 872. The van der Waals surface area contributed by atoms with Crippen LogP contribution in [-0.2, 0) is 18.0 Å². The molecule has 2 aromatic carbocycles. The van der Waals surface area contributed by atoms with Crippen LogP contribution in [0.2, 0.25) is 0 Å². The Kier molecular flexibility index (Phi) is 3.90. The normalized spacial score (nSPS) is 12.8. The third-order valence-corrected chi connectivity index (χ3v) is 3.91. The molecule has 0 saturated carbocycles. The highest BCUT2D eigenvalue weighted by atomic mass is 19.4. The Morgan fingerprint density at radius 2 is 1.71 bits per heavy atom. The number of hydrogen-bond donors (Lipinski definition) is 0. The van der Waals surface area contributed by atoms with Crippen molar-refractivity contribution in [3.8, 4) is 0 Å². The van der Waals surface area contributed by atoms with E-state index in [9.17, 15) is 13.2 Å². The van der Waals surface area contributed by atoms with Crippen LogP contribution in [0.4, 0.5) is 13.2 Å². The fourth-order valence-electron chi connectivity index (χ4n) is 2.55. The van der Waals surface area contributed by atoms with Gasteiger partial charge in [0, 0.05) is 6.42 Å². The number of halogens is 3. The van der Waals surface area contributed by atoms with Crippen molar-refractivity contribution in [1.29, 1.82) is 0 Å². The van der Waals surface area contributed by atoms with Crippen LogP contribution in [0.25, 0.3) is 11.1 Å². The molecular formula is C19H18F3NO. The molecule has 0 N–H and O–H groups in total. The van der Waals surface area contributed by atoms with Crippen LogP contribution in [0.1, 0.15) is 43.4 Å². The summed E-state index contributed by atoms with van der Waals surface area (Å²) in [5.74, 6) is 0.412. The molecule has 0 aliphatic heterocycles. The molecule has 0 bridgehead atoms. The van der Waals surface area contributed by atoms with Gasteiger partial charge in [0.15, 0.2) is 11.5 Å². The molecule has 0 spiro atoms. The minimum atomic E-state index is -4.35. The van der Waals surface area contributed by atoms with Gasteiger partial charge in [-0.05, 0) is 34.7 Å². The van der Waals surface area contributed by atoms with Gasteiger partial charge < -0.3 is 4.42 Å². The number of alkyl halides is 3. The number of benzene rings is 2. The number of fused-ring (bicyclic) bond motifs is 1. The molecule has 0 unspecified atom stereocenters. The summed E-state index contributed by atoms with van der Waals surface area (Å²) in [6, 6.07) is 11.1. The van der Waals surface area contributed by atoms with Gasteiger partial charge >= 0.3 is 6.18 Å². The third-order valence-electron chi connectivity index (χ3n) is 3.91. The van der Waals surface area contributed by atoms with Crippen molar-refractivity contribution >= 4 is 11.1 Å². The molecule has 1 heterocycles. The average molecular weight is 333 g/mol. The zero-order chi connectivity index (χ0) is 17.5. The maximum Gasteiger partial charge on any atom is 0.416 e. The minimum absolute atomic E-state index is 0.00561. The van der Waals surface area contributed by atoms with Crippen molar-refractivity contribution in [2.24, 2.45) is 0 Å². The summed E-state index contributed by atoms with van der Waals surface area (Å²) in [5, 5.41) is 0. The van der Waals surface area contributed by atoms with Crippen LogP contribution in [-0.4, -0.2) is 4.98 Å². The van der Waals surface area contributed by atoms with Gasteiger partial charge in [0.2, 0.25) is 0 Å². The predicted octanol–water partition coefficient (Wildman–Crippen LogP) is 5.73. The van der Waals surface area contributed by atoms with Crippen LogP contribution < -0.4 is 0 Å². The second-order valence-corrected chi connectivity index (χ2v) is 6.92. The van der Waals surface area contributed by atoms with E-state index < -0.39 is 11.7 Å². The Balaban J connectivity index is 1.91. The molecule has 1 aromatic heterocycles. The van der Waals surface area contributed by atoms with Crippen molar-refractivity contribution in [3.63, 3.8) is 0 Å². The lowest BCUT2D eigenvalue weighted by Gasteiger charge is -2.18. The Labute approximate surface area is 138 Å². The molecule has 3 rings (SSSR count). The van der Waals surface area contributed by atoms with Gasteiger partial charge in [-0.1, -0.05) is 45.0 Å². The first-order valence-corrected chi connectivity index (χ1v) is 7.69. The van der Waals surface area contributed by atoms with Gasteiger partial charge in [-0.25, -0.2) is 4.98 Å². The molecule has 0 fully saturated rings. The van der Waals surface area contributed by atoms with E-state index in [1.165, 1.54) is 6.07 Å². The molecule has 126 valence electrons. The van der Waals surface area contributed by atoms with E-state index in [1.807, 2.05) is 18.2 Å². The number of rotatable bonds is 2. The number of hydrogen-bond acceptors (Lipinski definition) is 2. The van der Waals surface area contributed by atoms with E-state index in [0.717, 1.165) is 23.2 Å². The fourth-order valence-corrected chi connectivity index (χ4v) is 2.55.